The summed E-state index contributed by atoms with van der Waals surface area (Å²) in [5.41, 5.74) is -0.511. The molecule has 0 rings (SSSR count). The standard InChI is InChI=1S/C10H19NO3/c1-7(11(6)8(2)12)9(13)14-10(3,4)5/h7H,1-6H3/t7-/m0/s1. The smallest absolute Gasteiger partial charge is 0.329 e. The molecule has 0 heterocycles. The fourth-order valence-electron chi connectivity index (χ4n) is 0.818. The third-order valence-electron chi connectivity index (χ3n) is 1.83. The Bertz CT molecular complexity index is 230. The molecular weight excluding hydrogens is 182 g/mol. The molecule has 0 radical (unpaired) electrons. The third kappa shape index (κ3) is 4.25. The van der Waals surface area contributed by atoms with Gasteiger partial charge in [0.05, 0.1) is 0 Å². The molecule has 4 nitrogen and oxygen atoms in total. The summed E-state index contributed by atoms with van der Waals surface area (Å²) in [6.07, 6.45) is 0. The Hall–Kier alpha value is -1.06. The first-order chi connectivity index (χ1) is 6.15. The summed E-state index contributed by atoms with van der Waals surface area (Å²) in [6, 6.07) is -0.535. The molecule has 0 fully saturated rings. The van der Waals surface area contributed by atoms with Gasteiger partial charge < -0.3 is 9.64 Å². The van der Waals surface area contributed by atoms with Crippen LogP contribution in [-0.2, 0) is 14.3 Å². The van der Waals surface area contributed by atoms with Crippen molar-refractivity contribution in [2.24, 2.45) is 0 Å². The van der Waals surface area contributed by atoms with E-state index in [9.17, 15) is 9.59 Å². The van der Waals surface area contributed by atoms with Crippen LogP contribution in [0.15, 0.2) is 0 Å². The van der Waals surface area contributed by atoms with Gasteiger partial charge in [-0.15, -0.1) is 0 Å². The molecule has 0 aromatic rings. The van der Waals surface area contributed by atoms with Crippen molar-refractivity contribution in [2.45, 2.75) is 46.3 Å². The average Bonchev–Trinajstić information content (AvgIpc) is 1.98. The Balaban J connectivity index is 4.33. The zero-order valence-electron chi connectivity index (χ0n) is 9.75. The Morgan fingerprint density at radius 3 is 2.00 bits per heavy atom. The fraction of sp³-hybridized carbons (Fsp3) is 0.800. The molecule has 0 aromatic heterocycles. The highest BCUT2D eigenvalue weighted by Crippen LogP contribution is 2.10. The molecule has 0 aromatic carbocycles. The molecule has 4 heteroatoms. The fourth-order valence-corrected chi connectivity index (χ4v) is 0.818. The van der Waals surface area contributed by atoms with Crippen molar-refractivity contribution in [1.29, 1.82) is 0 Å². The van der Waals surface area contributed by atoms with Gasteiger partial charge in [0.25, 0.3) is 0 Å². The number of amides is 1. The topological polar surface area (TPSA) is 46.6 Å². The Labute approximate surface area is 85.2 Å². The number of nitrogens with zero attached hydrogens (tertiary/aromatic N) is 1. The lowest BCUT2D eigenvalue weighted by atomic mass is 10.2. The number of hydrogen-bond acceptors (Lipinski definition) is 3. The minimum absolute atomic E-state index is 0.150. The molecule has 0 saturated heterocycles. The van der Waals surface area contributed by atoms with E-state index in [1.165, 1.54) is 11.8 Å². The van der Waals surface area contributed by atoms with E-state index in [1.54, 1.807) is 34.7 Å². The van der Waals surface area contributed by atoms with Gasteiger partial charge in [-0.05, 0) is 27.7 Å². The summed E-state index contributed by atoms with van der Waals surface area (Å²) in [5.74, 6) is -0.529. The molecule has 1 amide bonds. The summed E-state index contributed by atoms with van der Waals surface area (Å²) in [5, 5.41) is 0. The lowest BCUT2D eigenvalue weighted by Crippen LogP contribution is -2.42. The molecule has 0 bridgehead atoms. The Kier molecular flexibility index (Phi) is 4.10. The normalized spacial score (nSPS) is 13.3. The highest BCUT2D eigenvalue weighted by molar-refractivity contribution is 5.82. The van der Waals surface area contributed by atoms with Crippen LogP contribution in [0.25, 0.3) is 0 Å². The van der Waals surface area contributed by atoms with E-state index in [0.29, 0.717) is 0 Å². The molecule has 0 aliphatic rings. The molecule has 14 heavy (non-hydrogen) atoms. The Morgan fingerprint density at radius 1 is 1.29 bits per heavy atom. The van der Waals surface area contributed by atoms with E-state index >= 15 is 0 Å². The number of ether oxygens (including phenoxy) is 1. The predicted molar refractivity (Wildman–Crippen MR) is 53.8 cm³/mol. The SMILES string of the molecule is CC(=O)N(C)[C@@H](C)C(=O)OC(C)(C)C. The summed E-state index contributed by atoms with van der Waals surface area (Å²) >= 11 is 0. The lowest BCUT2D eigenvalue weighted by molar-refractivity contribution is -0.162. The summed E-state index contributed by atoms with van der Waals surface area (Å²) in [7, 11) is 1.58. The van der Waals surface area contributed by atoms with E-state index in [-0.39, 0.29) is 11.9 Å². The van der Waals surface area contributed by atoms with Crippen LogP contribution < -0.4 is 0 Å². The number of carbonyl (C=O) groups is 2. The summed E-state index contributed by atoms with van der Waals surface area (Å²) in [4.78, 5) is 23.8. The monoisotopic (exact) mass is 201 g/mol. The van der Waals surface area contributed by atoms with Gasteiger partial charge in [0.2, 0.25) is 5.91 Å². The van der Waals surface area contributed by atoms with Crippen LogP contribution in [0.2, 0.25) is 0 Å². The van der Waals surface area contributed by atoms with Crippen molar-refractivity contribution in [3.63, 3.8) is 0 Å². The van der Waals surface area contributed by atoms with Crippen molar-refractivity contribution >= 4 is 11.9 Å². The quantitative estimate of drug-likeness (QED) is 0.630. The van der Waals surface area contributed by atoms with E-state index in [4.69, 9.17) is 4.74 Å². The highest BCUT2D eigenvalue weighted by Gasteiger charge is 2.25. The molecule has 1 atom stereocenters. The molecule has 0 N–H and O–H groups in total. The number of hydrogen-bond donors (Lipinski definition) is 0. The van der Waals surface area contributed by atoms with Crippen LogP contribution in [-0.4, -0.2) is 35.5 Å². The first kappa shape index (κ1) is 12.9. The van der Waals surface area contributed by atoms with Crippen LogP contribution in [0.5, 0.6) is 0 Å². The van der Waals surface area contributed by atoms with Crippen molar-refractivity contribution in [2.75, 3.05) is 7.05 Å². The molecule has 0 saturated carbocycles. The third-order valence-corrected chi connectivity index (χ3v) is 1.83. The maximum atomic E-state index is 11.5. The van der Waals surface area contributed by atoms with Gasteiger partial charge in [0.15, 0.2) is 0 Å². The van der Waals surface area contributed by atoms with Gasteiger partial charge in [-0.2, -0.15) is 0 Å². The van der Waals surface area contributed by atoms with Gasteiger partial charge in [-0.1, -0.05) is 0 Å². The van der Waals surface area contributed by atoms with Crippen molar-refractivity contribution in [1.82, 2.24) is 4.90 Å². The maximum absolute atomic E-state index is 11.5. The van der Waals surface area contributed by atoms with E-state index in [2.05, 4.69) is 0 Å². The van der Waals surface area contributed by atoms with Crippen LogP contribution in [0.3, 0.4) is 0 Å². The number of esters is 1. The van der Waals surface area contributed by atoms with E-state index in [1.807, 2.05) is 0 Å². The second-order valence-corrected chi connectivity index (χ2v) is 4.34. The largest absolute Gasteiger partial charge is 0.458 e. The average molecular weight is 201 g/mol. The van der Waals surface area contributed by atoms with Gasteiger partial charge in [0.1, 0.15) is 11.6 Å². The summed E-state index contributed by atoms with van der Waals surface area (Å²) < 4.78 is 5.14. The van der Waals surface area contributed by atoms with Crippen LogP contribution >= 0.6 is 0 Å². The van der Waals surface area contributed by atoms with Crippen LogP contribution in [0.1, 0.15) is 34.6 Å². The first-order valence-corrected chi connectivity index (χ1v) is 4.61. The summed E-state index contributed by atoms with van der Waals surface area (Å²) in [6.45, 7) is 8.46. The molecular formula is C10H19NO3. The first-order valence-electron chi connectivity index (χ1n) is 4.61. The van der Waals surface area contributed by atoms with Gasteiger partial charge >= 0.3 is 5.97 Å². The number of carbonyl (C=O) groups excluding carboxylic acids is 2. The van der Waals surface area contributed by atoms with Gasteiger partial charge in [0, 0.05) is 14.0 Å². The molecule has 0 spiro atoms. The molecule has 0 unspecified atom stereocenters. The van der Waals surface area contributed by atoms with E-state index in [0.717, 1.165) is 0 Å². The highest BCUT2D eigenvalue weighted by atomic mass is 16.6. The molecule has 0 aliphatic carbocycles. The van der Waals surface area contributed by atoms with Gasteiger partial charge in [-0.25, -0.2) is 4.79 Å². The minimum atomic E-state index is -0.535. The molecule has 82 valence electrons. The van der Waals surface area contributed by atoms with Crippen LogP contribution in [0.4, 0.5) is 0 Å². The second kappa shape index (κ2) is 4.44. The lowest BCUT2D eigenvalue weighted by Gasteiger charge is -2.26. The minimum Gasteiger partial charge on any atom is -0.458 e. The van der Waals surface area contributed by atoms with Crippen molar-refractivity contribution < 1.29 is 14.3 Å². The van der Waals surface area contributed by atoms with Gasteiger partial charge in [-0.3, -0.25) is 4.79 Å². The number of likely N-dealkylation sites (N-methyl/N-ethyl adjacent to an activating group) is 1. The second-order valence-electron chi connectivity index (χ2n) is 4.34. The zero-order valence-corrected chi connectivity index (χ0v) is 9.75. The van der Waals surface area contributed by atoms with Crippen molar-refractivity contribution in [3.8, 4) is 0 Å². The van der Waals surface area contributed by atoms with Crippen molar-refractivity contribution in [3.05, 3.63) is 0 Å². The maximum Gasteiger partial charge on any atom is 0.329 e. The zero-order chi connectivity index (χ0) is 11.5. The number of rotatable bonds is 2. The molecule has 0 aliphatic heterocycles. The van der Waals surface area contributed by atoms with Crippen LogP contribution in [0, 0.1) is 0 Å². The predicted octanol–water partition coefficient (Wildman–Crippen LogP) is 1.19. The Morgan fingerprint density at radius 2 is 1.71 bits per heavy atom. The van der Waals surface area contributed by atoms with E-state index < -0.39 is 11.6 Å².